The van der Waals surface area contributed by atoms with Crippen molar-refractivity contribution in [1.82, 2.24) is 14.5 Å². The lowest BCUT2D eigenvalue weighted by atomic mass is 9.99. The lowest BCUT2D eigenvalue weighted by Gasteiger charge is -2.25. The number of Topliss-reactive ketones (excluding diaryl/α,β-unsaturated/α-hetero) is 1. The average Bonchev–Trinajstić information content (AvgIpc) is 2.97. The minimum Gasteiger partial charge on any atom is -0.399 e. The highest BCUT2D eigenvalue weighted by Gasteiger charge is 2.26. The topological polar surface area (TPSA) is 128 Å². The zero-order valence-electron chi connectivity index (χ0n) is 26.2. The molecule has 0 saturated heterocycles. The predicted octanol–water partition coefficient (Wildman–Crippen LogP) is 6.04. The summed E-state index contributed by atoms with van der Waals surface area (Å²) in [6.07, 6.45) is 5.10. The molecule has 0 aliphatic rings. The van der Waals surface area contributed by atoms with Crippen LogP contribution in [0.1, 0.15) is 85.8 Å². The van der Waals surface area contributed by atoms with Gasteiger partial charge >= 0.3 is 0 Å². The molecule has 1 aromatic heterocycles. The number of hydrogen-bond acceptors (Lipinski definition) is 6. The van der Waals surface area contributed by atoms with E-state index in [4.69, 9.17) is 17.3 Å². The van der Waals surface area contributed by atoms with Crippen molar-refractivity contribution in [3.8, 4) is 0 Å². The van der Waals surface area contributed by atoms with Gasteiger partial charge in [0.1, 0.15) is 5.69 Å². The summed E-state index contributed by atoms with van der Waals surface area (Å²) in [4.78, 5) is 34.0. The number of alkyl halides is 1. The largest absolute Gasteiger partial charge is 0.399 e. The van der Waals surface area contributed by atoms with Crippen molar-refractivity contribution >= 4 is 39.0 Å². The maximum Gasteiger partial charge on any atom is 0.284 e. The van der Waals surface area contributed by atoms with Crippen LogP contribution < -0.4 is 11.2 Å². The summed E-state index contributed by atoms with van der Waals surface area (Å²) < 4.78 is 32.4. The van der Waals surface area contributed by atoms with Crippen LogP contribution in [0.3, 0.4) is 0 Å². The van der Waals surface area contributed by atoms with Gasteiger partial charge in [0.05, 0.1) is 17.1 Å². The summed E-state index contributed by atoms with van der Waals surface area (Å²) in [5.41, 5.74) is 7.68. The third-order valence-corrected chi connectivity index (χ3v) is 8.84. The smallest absolute Gasteiger partial charge is 0.284 e. The van der Waals surface area contributed by atoms with Crippen LogP contribution in [0.4, 0.5) is 5.69 Å². The maximum atomic E-state index is 13.9. The molecule has 1 amide bonds. The summed E-state index contributed by atoms with van der Waals surface area (Å²) in [5.74, 6) is 0.505. The molecular formula is C33H44ClN5O4S. The third kappa shape index (κ3) is 9.75. The number of amides is 1. The molecule has 0 fully saturated rings. The fraction of sp³-hybridized carbons (Fsp3) is 0.455. The molecule has 0 aliphatic heterocycles. The molecule has 0 spiro atoms. The van der Waals surface area contributed by atoms with E-state index in [1.807, 2.05) is 6.92 Å². The zero-order chi connectivity index (χ0) is 32.4. The standard InChI is InChI=1S/C33H44ClN5O4S/c1-23(2)16-19-38(20-17-24(3)4)33(41)29-22-39(30(7-6-18-34)32(40)26-10-12-27(35)13-11-26)31(21-36-29)37-44(42,43)28-14-8-25(5)9-15-28/h8-15,21-24,30H,6-7,16-20,35H2,1-5H3. The number of rotatable bonds is 15. The Morgan fingerprint density at radius 1 is 0.955 bits per heavy atom. The van der Waals surface area contributed by atoms with Gasteiger partial charge < -0.3 is 15.2 Å². The second-order valence-corrected chi connectivity index (χ2v) is 13.9. The van der Waals surface area contributed by atoms with Gasteiger partial charge in [-0.25, -0.2) is 4.98 Å². The number of halogens is 1. The van der Waals surface area contributed by atoms with E-state index < -0.39 is 16.1 Å². The van der Waals surface area contributed by atoms with Crippen molar-refractivity contribution in [2.45, 2.75) is 71.2 Å². The Kier molecular flexibility index (Phi) is 12.7. The summed E-state index contributed by atoms with van der Waals surface area (Å²) in [7, 11) is -4.17. The van der Waals surface area contributed by atoms with Crippen LogP contribution in [0.2, 0.25) is 0 Å². The number of anilines is 1. The first-order valence-corrected chi connectivity index (χ1v) is 17.0. The summed E-state index contributed by atoms with van der Waals surface area (Å²) >= 11 is 6.06. The van der Waals surface area contributed by atoms with Gasteiger partial charge in [0.2, 0.25) is 0 Å². The van der Waals surface area contributed by atoms with Gasteiger partial charge in [-0.2, -0.15) is 8.42 Å². The Labute approximate surface area is 266 Å². The van der Waals surface area contributed by atoms with Gasteiger partial charge in [0.25, 0.3) is 15.9 Å². The lowest BCUT2D eigenvalue weighted by molar-refractivity contribution is 0.0731. The molecule has 0 aliphatic carbocycles. The minimum atomic E-state index is -4.17. The van der Waals surface area contributed by atoms with E-state index in [1.54, 1.807) is 41.3 Å². The number of aryl methyl sites for hydroxylation is 1. The van der Waals surface area contributed by atoms with Crippen LogP contribution in [0.5, 0.6) is 0 Å². The number of nitrogens with zero attached hydrogens (tertiary/aromatic N) is 4. The fourth-order valence-electron chi connectivity index (χ4n) is 4.55. The quantitative estimate of drug-likeness (QED) is 0.122. The molecule has 0 saturated carbocycles. The number of carbonyl (C=O) groups excluding carboxylic acids is 2. The molecule has 2 N–H and O–H groups in total. The Hall–Kier alpha value is -3.50. The second-order valence-electron chi connectivity index (χ2n) is 11.9. The number of hydrogen-bond donors (Lipinski definition) is 1. The van der Waals surface area contributed by atoms with E-state index >= 15 is 0 Å². The molecule has 44 heavy (non-hydrogen) atoms. The van der Waals surface area contributed by atoms with Crippen molar-refractivity contribution in [3.63, 3.8) is 0 Å². The van der Waals surface area contributed by atoms with E-state index in [0.29, 0.717) is 42.6 Å². The number of carbonyl (C=O) groups is 2. The minimum absolute atomic E-state index is 0.00511. The first kappa shape index (κ1) is 35.0. The first-order chi connectivity index (χ1) is 20.8. The van der Waals surface area contributed by atoms with Crippen molar-refractivity contribution in [2.24, 2.45) is 16.2 Å². The maximum absolute atomic E-state index is 13.9. The van der Waals surface area contributed by atoms with Crippen molar-refractivity contribution < 1.29 is 18.0 Å². The van der Waals surface area contributed by atoms with Gasteiger partial charge in [-0.1, -0.05) is 45.4 Å². The fourth-order valence-corrected chi connectivity index (χ4v) is 5.68. The molecule has 0 radical (unpaired) electrons. The van der Waals surface area contributed by atoms with E-state index in [1.165, 1.54) is 29.1 Å². The van der Waals surface area contributed by atoms with Crippen LogP contribution in [0, 0.1) is 18.8 Å². The number of benzene rings is 2. The number of nitrogens with two attached hydrogens (primary N) is 1. The highest BCUT2D eigenvalue weighted by atomic mass is 35.5. The number of ketones is 1. The molecule has 2 aromatic carbocycles. The van der Waals surface area contributed by atoms with Crippen LogP contribution >= 0.6 is 11.6 Å². The van der Waals surface area contributed by atoms with Crippen LogP contribution in [0.25, 0.3) is 0 Å². The number of sulfonamides is 1. The van der Waals surface area contributed by atoms with Gasteiger partial charge in [-0.3, -0.25) is 9.59 Å². The predicted molar refractivity (Wildman–Crippen MR) is 175 cm³/mol. The van der Waals surface area contributed by atoms with Gasteiger partial charge in [-0.15, -0.1) is 16.0 Å². The summed E-state index contributed by atoms with van der Waals surface area (Å²) in [6, 6.07) is 11.9. The molecule has 238 valence electrons. The molecule has 1 unspecified atom stereocenters. The molecule has 3 rings (SSSR count). The van der Waals surface area contributed by atoms with Gasteiger partial charge in [0, 0.05) is 36.4 Å². The third-order valence-electron chi connectivity index (χ3n) is 7.28. The first-order valence-electron chi connectivity index (χ1n) is 15.0. The Morgan fingerprint density at radius 2 is 1.55 bits per heavy atom. The number of aromatic nitrogens is 2. The van der Waals surface area contributed by atoms with E-state index in [2.05, 4.69) is 37.1 Å². The molecular weight excluding hydrogens is 598 g/mol. The van der Waals surface area contributed by atoms with Crippen LogP contribution in [-0.2, 0) is 10.0 Å². The molecule has 3 aromatic rings. The summed E-state index contributed by atoms with van der Waals surface area (Å²) in [5, 5.41) is 0. The Morgan fingerprint density at radius 3 is 2.09 bits per heavy atom. The Bertz CT molecular complexity index is 1570. The van der Waals surface area contributed by atoms with E-state index in [9.17, 15) is 18.0 Å². The highest BCUT2D eigenvalue weighted by molar-refractivity contribution is 7.90. The van der Waals surface area contributed by atoms with E-state index in [0.717, 1.165) is 18.4 Å². The number of nitrogen functional groups attached to an aromatic ring is 1. The monoisotopic (exact) mass is 641 g/mol. The van der Waals surface area contributed by atoms with Crippen LogP contribution in [0.15, 0.2) is 70.2 Å². The normalized spacial score (nSPS) is 13.0. The average molecular weight is 642 g/mol. The molecule has 0 bridgehead atoms. The second kappa shape index (κ2) is 16.0. The van der Waals surface area contributed by atoms with Crippen molar-refractivity contribution in [3.05, 3.63) is 83.2 Å². The molecule has 1 heterocycles. The van der Waals surface area contributed by atoms with Gasteiger partial charge in [0.15, 0.2) is 11.3 Å². The highest BCUT2D eigenvalue weighted by Crippen LogP contribution is 2.22. The van der Waals surface area contributed by atoms with Crippen molar-refractivity contribution in [2.75, 3.05) is 24.7 Å². The molecule has 1 atom stereocenters. The molecule has 11 heteroatoms. The molecule has 9 nitrogen and oxygen atoms in total. The SMILES string of the molecule is Cc1ccc(S(=O)(=O)N=c2cnc(C(=O)N(CCC(C)C)CCC(C)C)cn2C(CCCCl)C(=O)c2ccc(N)cc2)cc1. The van der Waals surface area contributed by atoms with E-state index in [-0.39, 0.29) is 40.1 Å². The Balaban J connectivity index is 2.21. The lowest BCUT2D eigenvalue weighted by Crippen LogP contribution is -2.37. The van der Waals surface area contributed by atoms with Crippen LogP contribution in [-0.4, -0.2) is 53.5 Å². The van der Waals surface area contributed by atoms with Gasteiger partial charge in [-0.05, 0) is 80.8 Å². The summed E-state index contributed by atoms with van der Waals surface area (Å²) in [6.45, 7) is 11.4. The zero-order valence-corrected chi connectivity index (χ0v) is 27.8. The van der Waals surface area contributed by atoms with Crippen molar-refractivity contribution in [1.29, 1.82) is 0 Å².